The van der Waals surface area contributed by atoms with E-state index in [0.717, 1.165) is 35.8 Å². The number of thiazole rings is 1. The highest BCUT2D eigenvalue weighted by atomic mass is 32.1. The molecular formula is C14H17N3O2S. The maximum Gasteiger partial charge on any atom is 0.252 e. The number of aromatic nitrogens is 1. The van der Waals surface area contributed by atoms with E-state index in [-0.39, 0.29) is 11.3 Å². The molecule has 1 amide bonds. The van der Waals surface area contributed by atoms with Crippen molar-refractivity contribution in [3.63, 3.8) is 0 Å². The van der Waals surface area contributed by atoms with Crippen molar-refractivity contribution >= 4 is 22.4 Å². The van der Waals surface area contributed by atoms with Gasteiger partial charge in [0, 0.05) is 17.5 Å². The number of carbonyl (C=O) groups excluding carboxylic acids is 1. The van der Waals surface area contributed by atoms with Gasteiger partial charge in [-0.15, -0.1) is 11.3 Å². The summed E-state index contributed by atoms with van der Waals surface area (Å²) in [7, 11) is 0. The van der Waals surface area contributed by atoms with Crippen LogP contribution in [0.3, 0.4) is 0 Å². The van der Waals surface area contributed by atoms with Crippen LogP contribution < -0.4 is 11.1 Å². The summed E-state index contributed by atoms with van der Waals surface area (Å²) in [5.74, 6) is -0.765. The van der Waals surface area contributed by atoms with E-state index in [1.54, 1.807) is 12.1 Å². The third kappa shape index (κ3) is 3.27. The molecule has 0 spiro atoms. The van der Waals surface area contributed by atoms with E-state index in [4.69, 9.17) is 5.73 Å². The number of unbranched alkanes of at least 4 members (excludes halogenated alkanes) is 1. The van der Waals surface area contributed by atoms with Crippen LogP contribution in [0.2, 0.25) is 0 Å². The van der Waals surface area contributed by atoms with Gasteiger partial charge in [0.2, 0.25) is 0 Å². The minimum absolute atomic E-state index is 0.107. The van der Waals surface area contributed by atoms with Crippen LogP contribution in [0.1, 0.15) is 30.1 Å². The molecular weight excluding hydrogens is 274 g/mol. The highest BCUT2D eigenvalue weighted by Crippen LogP contribution is 2.28. The minimum Gasteiger partial charge on any atom is -0.507 e. The van der Waals surface area contributed by atoms with Crippen LogP contribution in [-0.2, 0) is 0 Å². The second kappa shape index (κ2) is 6.38. The number of benzene rings is 1. The number of carbonyl (C=O) groups is 1. The van der Waals surface area contributed by atoms with E-state index in [1.165, 1.54) is 17.4 Å². The summed E-state index contributed by atoms with van der Waals surface area (Å²) >= 11 is 1.51. The largest absolute Gasteiger partial charge is 0.507 e. The lowest BCUT2D eigenvalue weighted by Gasteiger charge is -2.03. The van der Waals surface area contributed by atoms with Crippen LogP contribution in [0.4, 0.5) is 5.13 Å². The fraction of sp³-hybridized carbons (Fsp3) is 0.286. The number of phenols is 1. The average molecular weight is 291 g/mol. The number of nitrogens with zero attached hydrogens (tertiary/aromatic N) is 1. The van der Waals surface area contributed by atoms with Gasteiger partial charge < -0.3 is 16.2 Å². The van der Waals surface area contributed by atoms with Crippen molar-refractivity contribution in [3.8, 4) is 17.0 Å². The smallest absolute Gasteiger partial charge is 0.252 e. The highest BCUT2D eigenvalue weighted by molar-refractivity contribution is 7.14. The molecule has 2 aromatic rings. The molecule has 0 unspecified atom stereocenters. The van der Waals surface area contributed by atoms with Crippen molar-refractivity contribution in [2.24, 2.45) is 5.73 Å². The van der Waals surface area contributed by atoms with Gasteiger partial charge in [0.1, 0.15) is 5.75 Å². The molecule has 0 fully saturated rings. The Labute approximate surface area is 121 Å². The van der Waals surface area contributed by atoms with Crippen molar-refractivity contribution in [3.05, 3.63) is 29.1 Å². The lowest BCUT2D eigenvalue weighted by atomic mass is 10.1. The second-order valence-electron chi connectivity index (χ2n) is 4.41. The second-order valence-corrected chi connectivity index (χ2v) is 5.27. The molecule has 0 radical (unpaired) electrons. The topological polar surface area (TPSA) is 88.2 Å². The summed E-state index contributed by atoms with van der Waals surface area (Å²) in [5.41, 5.74) is 6.85. The van der Waals surface area contributed by atoms with Gasteiger partial charge in [0.15, 0.2) is 5.13 Å². The Bertz CT molecular complexity index is 610. The SMILES string of the molecule is CCCCNc1nc(-c2ccc(O)c(C(N)=O)c2)cs1. The lowest BCUT2D eigenvalue weighted by Crippen LogP contribution is -2.11. The molecule has 1 aromatic carbocycles. The Morgan fingerprint density at radius 1 is 1.50 bits per heavy atom. The van der Waals surface area contributed by atoms with E-state index in [0.29, 0.717) is 0 Å². The van der Waals surface area contributed by atoms with Gasteiger partial charge in [-0.2, -0.15) is 0 Å². The molecule has 20 heavy (non-hydrogen) atoms. The lowest BCUT2D eigenvalue weighted by molar-refractivity contribution is 0.0998. The Hall–Kier alpha value is -2.08. The molecule has 4 N–H and O–H groups in total. The van der Waals surface area contributed by atoms with E-state index in [2.05, 4.69) is 17.2 Å². The van der Waals surface area contributed by atoms with Crippen LogP contribution in [0.15, 0.2) is 23.6 Å². The first-order valence-electron chi connectivity index (χ1n) is 6.44. The molecule has 0 atom stereocenters. The summed E-state index contributed by atoms with van der Waals surface area (Å²) in [6.07, 6.45) is 2.23. The van der Waals surface area contributed by atoms with Gasteiger partial charge in [-0.1, -0.05) is 13.3 Å². The van der Waals surface area contributed by atoms with Crippen molar-refractivity contribution in [2.75, 3.05) is 11.9 Å². The predicted octanol–water partition coefficient (Wildman–Crippen LogP) is 2.83. The van der Waals surface area contributed by atoms with Crippen molar-refractivity contribution in [2.45, 2.75) is 19.8 Å². The Balaban J connectivity index is 2.19. The Kier molecular flexibility index (Phi) is 4.57. The number of amides is 1. The van der Waals surface area contributed by atoms with Gasteiger partial charge in [-0.05, 0) is 24.6 Å². The van der Waals surface area contributed by atoms with Crippen LogP contribution >= 0.6 is 11.3 Å². The van der Waals surface area contributed by atoms with Crippen LogP contribution in [0.25, 0.3) is 11.3 Å². The number of nitrogens with two attached hydrogens (primary N) is 1. The maximum absolute atomic E-state index is 11.2. The van der Waals surface area contributed by atoms with Crippen molar-refractivity contribution in [1.82, 2.24) is 4.98 Å². The Morgan fingerprint density at radius 3 is 3.00 bits per heavy atom. The number of primary amides is 1. The van der Waals surface area contributed by atoms with Gasteiger partial charge in [0.25, 0.3) is 5.91 Å². The minimum atomic E-state index is -0.652. The standard InChI is InChI=1S/C14H17N3O2S/c1-2-3-6-16-14-17-11(8-20-14)9-4-5-12(18)10(7-9)13(15)19/h4-5,7-8,18H,2-3,6H2,1H3,(H2,15,19)(H,16,17). The third-order valence-electron chi connectivity index (χ3n) is 2.87. The van der Waals surface area contributed by atoms with E-state index in [9.17, 15) is 9.90 Å². The maximum atomic E-state index is 11.2. The van der Waals surface area contributed by atoms with Gasteiger partial charge in [-0.3, -0.25) is 4.79 Å². The average Bonchev–Trinajstić information content (AvgIpc) is 2.88. The molecule has 1 aromatic heterocycles. The fourth-order valence-corrected chi connectivity index (χ4v) is 2.50. The number of anilines is 1. The van der Waals surface area contributed by atoms with Crippen LogP contribution in [0.5, 0.6) is 5.75 Å². The first-order chi connectivity index (χ1) is 9.61. The zero-order valence-corrected chi connectivity index (χ0v) is 12.0. The van der Waals surface area contributed by atoms with E-state index in [1.807, 2.05) is 5.38 Å². The summed E-state index contributed by atoms with van der Waals surface area (Å²) in [6, 6.07) is 4.73. The molecule has 6 heteroatoms. The first-order valence-corrected chi connectivity index (χ1v) is 7.32. The molecule has 2 rings (SSSR count). The Morgan fingerprint density at radius 2 is 2.30 bits per heavy atom. The number of rotatable bonds is 6. The number of nitrogens with one attached hydrogen (secondary N) is 1. The molecule has 5 nitrogen and oxygen atoms in total. The predicted molar refractivity (Wildman–Crippen MR) is 81.1 cm³/mol. The number of aromatic hydroxyl groups is 1. The molecule has 0 aliphatic carbocycles. The monoisotopic (exact) mass is 291 g/mol. The summed E-state index contributed by atoms with van der Waals surface area (Å²) in [6.45, 7) is 3.03. The van der Waals surface area contributed by atoms with Crippen LogP contribution in [0, 0.1) is 0 Å². The quantitative estimate of drug-likeness (QED) is 0.714. The van der Waals surface area contributed by atoms with E-state index >= 15 is 0 Å². The molecule has 1 heterocycles. The fourth-order valence-electron chi connectivity index (χ4n) is 1.75. The van der Waals surface area contributed by atoms with Gasteiger partial charge in [0.05, 0.1) is 11.3 Å². The molecule has 0 saturated carbocycles. The first kappa shape index (κ1) is 14.3. The third-order valence-corrected chi connectivity index (χ3v) is 3.67. The molecule has 0 aliphatic heterocycles. The van der Waals surface area contributed by atoms with Gasteiger partial charge in [-0.25, -0.2) is 4.98 Å². The summed E-state index contributed by atoms with van der Waals surface area (Å²) in [4.78, 5) is 15.7. The van der Waals surface area contributed by atoms with Crippen LogP contribution in [-0.4, -0.2) is 22.5 Å². The molecule has 0 bridgehead atoms. The van der Waals surface area contributed by atoms with Gasteiger partial charge >= 0.3 is 0 Å². The summed E-state index contributed by atoms with van der Waals surface area (Å²) < 4.78 is 0. The zero-order valence-electron chi connectivity index (χ0n) is 11.2. The van der Waals surface area contributed by atoms with Crippen molar-refractivity contribution in [1.29, 1.82) is 0 Å². The molecule has 106 valence electrons. The zero-order chi connectivity index (χ0) is 14.5. The highest BCUT2D eigenvalue weighted by Gasteiger charge is 2.11. The van der Waals surface area contributed by atoms with Crippen molar-refractivity contribution < 1.29 is 9.90 Å². The normalized spacial score (nSPS) is 10.4. The molecule has 0 saturated heterocycles. The van der Waals surface area contributed by atoms with E-state index < -0.39 is 5.91 Å². The number of hydrogen-bond donors (Lipinski definition) is 3. The molecule has 0 aliphatic rings. The summed E-state index contributed by atoms with van der Waals surface area (Å²) in [5, 5.41) is 15.6. The number of hydrogen-bond acceptors (Lipinski definition) is 5.